The molecule has 0 saturated carbocycles. The molecule has 1 atom stereocenters. The van der Waals surface area contributed by atoms with Crippen LogP contribution in [0.15, 0.2) is 48.8 Å². The maximum Gasteiger partial charge on any atom is 0.237 e. The Kier molecular flexibility index (Phi) is 9.75. The number of ether oxygens (including phenoxy) is 2. The summed E-state index contributed by atoms with van der Waals surface area (Å²) in [5, 5.41) is 7.28. The fourth-order valence-electron chi connectivity index (χ4n) is 5.83. The molecule has 6 rings (SSSR count). The molecule has 2 aromatic heterocycles. The maximum absolute atomic E-state index is 11.5. The van der Waals surface area contributed by atoms with Gasteiger partial charge >= 0.3 is 0 Å². The number of nitrogens with one attached hydrogen (secondary N) is 2. The number of rotatable bonds is 11. The number of hydrogen-bond acceptors (Lipinski definition) is 9. The third-order valence-corrected chi connectivity index (χ3v) is 9.00. The van der Waals surface area contributed by atoms with Crippen LogP contribution in [0.5, 0.6) is 11.8 Å². The van der Waals surface area contributed by atoms with E-state index in [1.54, 1.807) is 26.6 Å². The fraction of sp³-hybridized carbons (Fsp3) is 0.364. The van der Waals surface area contributed by atoms with Crippen molar-refractivity contribution in [2.24, 2.45) is 0 Å². The minimum atomic E-state index is 0.0893. The number of benzene rings is 2. The van der Waals surface area contributed by atoms with Crippen LogP contribution in [0.3, 0.4) is 0 Å². The van der Waals surface area contributed by atoms with Crippen molar-refractivity contribution < 1.29 is 14.3 Å². The molecule has 2 N–H and O–H groups in total. The molecular weight excluding hydrogens is 613 g/mol. The number of carbonyl (C=O) groups excluding carboxylic acids is 1. The van der Waals surface area contributed by atoms with Gasteiger partial charge in [0.05, 0.1) is 48.0 Å². The van der Waals surface area contributed by atoms with E-state index in [0.717, 1.165) is 41.9 Å². The Hall–Kier alpha value is -3.83. The van der Waals surface area contributed by atoms with Gasteiger partial charge in [-0.05, 0) is 32.4 Å². The Labute approximate surface area is 272 Å². The molecule has 2 fully saturated rings. The average Bonchev–Trinajstić information content (AvgIpc) is 3.73. The molecule has 4 heterocycles. The lowest BCUT2D eigenvalue weighted by atomic mass is 9.98. The summed E-state index contributed by atoms with van der Waals surface area (Å²) in [5.41, 5.74) is 5.59. The molecule has 0 aliphatic carbocycles. The van der Waals surface area contributed by atoms with E-state index in [1.165, 1.54) is 12.8 Å². The van der Waals surface area contributed by atoms with Crippen molar-refractivity contribution in [3.8, 4) is 45.4 Å². The quantitative estimate of drug-likeness (QED) is 0.216. The van der Waals surface area contributed by atoms with E-state index < -0.39 is 0 Å². The molecule has 1 unspecified atom stereocenters. The second-order valence-electron chi connectivity index (χ2n) is 11.2. The number of amides is 1. The molecule has 0 radical (unpaired) electrons. The first-order chi connectivity index (χ1) is 21.9. The lowest BCUT2D eigenvalue weighted by molar-refractivity contribution is -0.119. The summed E-state index contributed by atoms with van der Waals surface area (Å²) in [6, 6.07) is 11.6. The number of carbonyl (C=O) groups is 1. The highest BCUT2D eigenvalue weighted by Crippen LogP contribution is 2.42. The van der Waals surface area contributed by atoms with E-state index in [0.29, 0.717) is 70.5 Å². The minimum absolute atomic E-state index is 0.0893. The average molecular weight is 649 g/mol. The van der Waals surface area contributed by atoms with Gasteiger partial charge in [0.1, 0.15) is 11.4 Å². The van der Waals surface area contributed by atoms with Crippen molar-refractivity contribution in [1.82, 2.24) is 35.5 Å². The highest BCUT2D eigenvalue weighted by Gasteiger charge is 2.22. The highest BCUT2D eigenvalue weighted by molar-refractivity contribution is 6.39. The predicted molar refractivity (Wildman–Crippen MR) is 174 cm³/mol. The van der Waals surface area contributed by atoms with Gasteiger partial charge in [0.15, 0.2) is 0 Å². The fourth-order valence-corrected chi connectivity index (χ4v) is 6.48. The van der Waals surface area contributed by atoms with E-state index in [9.17, 15) is 4.79 Å². The first-order valence-corrected chi connectivity index (χ1v) is 15.8. The van der Waals surface area contributed by atoms with Gasteiger partial charge in [-0.2, -0.15) is 0 Å². The van der Waals surface area contributed by atoms with Gasteiger partial charge in [0, 0.05) is 54.4 Å². The van der Waals surface area contributed by atoms with Crippen LogP contribution in [0.1, 0.15) is 37.1 Å². The zero-order valence-electron chi connectivity index (χ0n) is 25.3. The number of likely N-dealkylation sites (tertiary alicyclic amines) is 1. The van der Waals surface area contributed by atoms with E-state index in [4.69, 9.17) is 47.6 Å². The third-order valence-electron chi connectivity index (χ3n) is 8.19. The molecule has 0 bridgehead atoms. The van der Waals surface area contributed by atoms with Crippen LogP contribution in [-0.4, -0.2) is 70.6 Å². The molecule has 4 aromatic rings. The van der Waals surface area contributed by atoms with Gasteiger partial charge in [0.25, 0.3) is 0 Å². The molecule has 45 heavy (non-hydrogen) atoms. The van der Waals surface area contributed by atoms with Crippen molar-refractivity contribution in [3.05, 3.63) is 70.2 Å². The topological polar surface area (TPSA) is 114 Å². The zero-order valence-corrected chi connectivity index (χ0v) is 26.8. The molecular formula is C33H35Cl2N7O3. The van der Waals surface area contributed by atoms with Crippen molar-refractivity contribution in [2.75, 3.05) is 33.9 Å². The van der Waals surface area contributed by atoms with Crippen LogP contribution in [-0.2, 0) is 17.9 Å². The van der Waals surface area contributed by atoms with Gasteiger partial charge < -0.3 is 20.1 Å². The van der Waals surface area contributed by atoms with Crippen LogP contribution < -0.4 is 20.1 Å². The summed E-state index contributed by atoms with van der Waals surface area (Å²) < 4.78 is 11.2. The first kappa shape index (κ1) is 31.2. The number of hydrogen-bond donors (Lipinski definition) is 2. The standard InChI is InChI=1S/C33H35Cl2N7O3/c1-44-32-27(16-36-15-20-11-12-29(43)39-20)37-17-25(40-32)23-9-5-7-21(30(23)34)22-8-6-10-24(31(22)35)26-18-38-28(33(41-26)45-2)19-42-13-3-4-14-42/h5-10,17-18,20,36H,3-4,11-16,19H2,1-2H3,(H,39,43). The predicted octanol–water partition coefficient (Wildman–Crippen LogP) is 5.56. The number of aromatic nitrogens is 4. The number of nitrogens with zero attached hydrogens (tertiary/aromatic N) is 5. The van der Waals surface area contributed by atoms with Gasteiger partial charge in [-0.1, -0.05) is 59.6 Å². The van der Waals surface area contributed by atoms with E-state index in [1.807, 2.05) is 36.4 Å². The Morgan fingerprint density at radius 1 is 0.867 bits per heavy atom. The summed E-state index contributed by atoms with van der Waals surface area (Å²) in [5.74, 6) is 0.988. The van der Waals surface area contributed by atoms with Crippen LogP contribution in [0, 0.1) is 0 Å². The zero-order chi connectivity index (χ0) is 31.3. The lowest BCUT2D eigenvalue weighted by Gasteiger charge is -2.17. The normalized spacial score (nSPS) is 16.6. The largest absolute Gasteiger partial charge is 0.480 e. The van der Waals surface area contributed by atoms with Crippen LogP contribution in [0.25, 0.3) is 33.6 Å². The smallest absolute Gasteiger partial charge is 0.237 e. The van der Waals surface area contributed by atoms with Crippen molar-refractivity contribution in [2.45, 2.75) is 44.8 Å². The van der Waals surface area contributed by atoms with Crippen LogP contribution in [0.4, 0.5) is 0 Å². The molecule has 2 saturated heterocycles. The maximum atomic E-state index is 11.5. The molecule has 10 nitrogen and oxygen atoms in total. The van der Waals surface area contributed by atoms with E-state index in [-0.39, 0.29) is 11.9 Å². The number of halogens is 2. The lowest BCUT2D eigenvalue weighted by Crippen LogP contribution is -2.35. The van der Waals surface area contributed by atoms with Gasteiger partial charge in [0.2, 0.25) is 17.7 Å². The molecule has 12 heteroatoms. The summed E-state index contributed by atoms with van der Waals surface area (Å²) in [4.78, 5) is 32.7. The Morgan fingerprint density at radius 2 is 1.42 bits per heavy atom. The van der Waals surface area contributed by atoms with Gasteiger partial charge in [-0.3, -0.25) is 19.7 Å². The molecule has 2 aliphatic heterocycles. The molecule has 234 valence electrons. The molecule has 1 amide bonds. The van der Waals surface area contributed by atoms with E-state index in [2.05, 4.69) is 20.5 Å². The van der Waals surface area contributed by atoms with Crippen molar-refractivity contribution >= 4 is 29.1 Å². The summed E-state index contributed by atoms with van der Waals surface area (Å²) in [7, 11) is 3.18. The summed E-state index contributed by atoms with van der Waals surface area (Å²) >= 11 is 14.1. The van der Waals surface area contributed by atoms with Gasteiger partial charge in [-0.25, -0.2) is 9.97 Å². The Balaban J connectivity index is 1.25. The molecule has 2 aromatic carbocycles. The number of methoxy groups -OCH3 is 2. The second kappa shape index (κ2) is 14.1. The summed E-state index contributed by atoms with van der Waals surface area (Å²) in [6.07, 6.45) is 7.22. The SMILES string of the molecule is COc1nc(-c2cccc(-c3cccc(-c4cnc(CN5CCCC5)c(OC)n4)c3Cl)c2Cl)cnc1CNCC1CCC(=O)N1. The van der Waals surface area contributed by atoms with Crippen LogP contribution >= 0.6 is 23.2 Å². The molecule has 2 aliphatic rings. The van der Waals surface area contributed by atoms with Gasteiger partial charge in [-0.15, -0.1) is 0 Å². The Morgan fingerprint density at radius 3 is 1.98 bits per heavy atom. The first-order valence-electron chi connectivity index (χ1n) is 15.1. The van der Waals surface area contributed by atoms with Crippen molar-refractivity contribution in [1.29, 1.82) is 0 Å². The highest BCUT2D eigenvalue weighted by atomic mass is 35.5. The summed E-state index contributed by atoms with van der Waals surface area (Å²) in [6.45, 7) is 3.92. The molecule has 0 spiro atoms. The third kappa shape index (κ3) is 6.89. The second-order valence-corrected chi connectivity index (χ2v) is 11.9. The monoisotopic (exact) mass is 647 g/mol. The minimum Gasteiger partial charge on any atom is -0.480 e. The Bertz CT molecular complexity index is 1700. The van der Waals surface area contributed by atoms with Crippen molar-refractivity contribution in [3.63, 3.8) is 0 Å². The van der Waals surface area contributed by atoms with E-state index >= 15 is 0 Å². The van der Waals surface area contributed by atoms with Crippen LogP contribution in [0.2, 0.25) is 10.0 Å².